The van der Waals surface area contributed by atoms with E-state index in [1.807, 2.05) is 5.32 Å². The minimum absolute atomic E-state index is 0.209. The van der Waals surface area contributed by atoms with Crippen LogP contribution in [-0.2, 0) is 14.6 Å². The van der Waals surface area contributed by atoms with Gasteiger partial charge in [-0.05, 0) is 37.0 Å². The van der Waals surface area contributed by atoms with Gasteiger partial charge in [-0.3, -0.25) is 10.1 Å². The van der Waals surface area contributed by atoms with E-state index in [1.54, 1.807) is 6.07 Å². The smallest absolute Gasteiger partial charge is 0.336 e. The Labute approximate surface area is 185 Å². The molecular weight excluding hydrogens is 483 g/mol. The maximum absolute atomic E-state index is 13.7. The molecule has 0 heterocycles. The number of hydrogen-bond donors (Lipinski definition) is 2. The lowest BCUT2D eigenvalue weighted by atomic mass is 10.0. The first-order valence-electron chi connectivity index (χ1n) is 9.64. The minimum Gasteiger partial charge on any atom is -0.336 e. The second kappa shape index (κ2) is 9.84. The Morgan fingerprint density at radius 1 is 1.12 bits per heavy atom. The van der Waals surface area contributed by atoms with Crippen molar-refractivity contribution in [2.45, 2.75) is 55.7 Å². The fourth-order valence-corrected chi connectivity index (χ4v) is 4.48. The third-order valence-electron chi connectivity index (χ3n) is 4.88. The van der Waals surface area contributed by atoms with Gasteiger partial charge < -0.3 is 5.32 Å². The molecular formula is C19H20F7N3O3S. The van der Waals surface area contributed by atoms with Crippen LogP contribution in [0.3, 0.4) is 0 Å². The zero-order chi connectivity index (χ0) is 25.1. The molecule has 1 aliphatic rings. The van der Waals surface area contributed by atoms with Crippen molar-refractivity contribution in [2.75, 3.05) is 11.5 Å². The summed E-state index contributed by atoms with van der Waals surface area (Å²) in [4.78, 5) is 12.6. The number of nitriles is 1. The Bertz CT molecular complexity index is 982. The number of carbonyl (C=O) groups is 1. The second-order valence-corrected chi connectivity index (χ2v) is 9.99. The van der Waals surface area contributed by atoms with E-state index in [-0.39, 0.29) is 12.8 Å². The van der Waals surface area contributed by atoms with E-state index in [9.17, 15) is 43.9 Å². The highest BCUT2D eigenvalue weighted by Crippen LogP contribution is 2.36. The van der Waals surface area contributed by atoms with Crippen molar-refractivity contribution in [2.24, 2.45) is 0 Å². The molecule has 0 aromatic heterocycles. The standard InChI is InChI=1S/C19H20F7N3O3S/c20-13-4-2-12(3-5-13)15(19(24,25)26)28-14(16(30)29-17(11-27)7-8-17)10-33(31,32)9-1-6-18(21,22)23/h2-5,14-15,28H,1,6-10H2,(H,29,30)/t14-,15-/m0/s1. The maximum atomic E-state index is 13.7. The zero-order valence-electron chi connectivity index (χ0n) is 16.9. The first-order chi connectivity index (χ1) is 15.1. The van der Waals surface area contributed by atoms with Crippen LogP contribution in [0.2, 0.25) is 0 Å². The Hall–Kier alpha value is -2.40. The number of hydrogen-bond acceptors (Lipinski definition) is 5. The number of halogens is 7. The van der Waals surface area contributed by atoms with Gasteiger partial charge in [-0.2, -0.15) is 31.6 Å². The van der Waals surface area contributed by atoms with Gasteiger partial charge in [-0.1, -0.05) is 12.1 Å². The van der Waals surface area contributed by atoms with Crippen molar-refractivity contribution < 1.29 is 43.9 Å². The van der Waals surface area contributed by atoms with Gasteiger partial charge >= 0.3 is 12.4 Å². The van der Waals surface area contributed by atoms with Gasteiger partial charge in [-0.25, -0.2) is 12.8 Å². The third kappa shape index (κ3) is 8.47. The molecule has 1 aromatic carbocycles. The van der Waals surface area contributed by atoms with Crippen LogP contribution >= 0.6 is 0 Å². The molecule has 2 rings (SSSR count). The van der Waals surface area contributed by atoms with Crippen LogP contribution in [-0.4, -0.2) is 49.8 Å². The molecule has 14 heteroatoms. The van der Waals surface area contributed by atoms with Crippen LogP contribution in [0.15, 0.2) is 24.3 Å². The Morgan fingerprint density at radius 2 is 1.70 bits per heavy atom. The largest absolute Gasteiger partial charge is 0.407 e. The minimum atomic E-state index is -5.04. The third-order valence-corrected chi connectivity index (χ3v) is 6.63. The molecule has 1 fully saturated rings. The molecule has 184 valence electrons. The quantitative estimate of drug-likeness (QED) is 0.478. The Morgan fingerprint density at radius 3 is 2.15 bits per heavy atom. The van der Waals surface area contributed by atoms with E-state index in [2.05, 4.69) is 5.32 Å². The van der Waals surface area contributed by atoms with Crippen LogP contribution < -0.4 is 10.6 Å². The van der Waals surface area contributed by atoms with Crippen LogP contribution in [0.5, 0.6) is 0 Å². The number of rotatable bonds is 10. The van der Waals surface area contributed by atoms with E-state index in [4.69, 9.17) is 5.26 Å². The monoisotopic (exact) mass is 503 g/mol. The number of nitrogens with one attached hydrogen (secondary N) is 2. The highest BCUT2D eigenvalue weighted by atomic mass is 32.2. The highest BCUT2D eigenvalue weighted by molar-refractivity contribution is 7.91. The molecule has 0 radical (unpaired) electrons. The van der Waals surface area contributed by atoms with Gasteiger partial charge in [0, 0.05) is 6.42 Å². The lowest BCUT2D eigenvalue weighted by Gasteiger charge is -2.28. The molecule has 0 aliphatic heterocycles. The molecule has 1 saturated carbocycles. The van der Waals surface area contributed by atoms with Crippen molar-refractivity contribution in [1.82, 2.24) is 10.6 Å². The van der Waals surface area contributed by atoms with Crippen molar-refractivity contribution in [3.63, 3.8) is 0 Å². The van der Waals surface area contributed by atoms with E-state index in [0.717, 1.165) is 24.3 Å². The molecule has 33 heavy (non-hydrogen) atoms. The normalized spacial score (nSPS) is 17.6. The first-order valence-corrected chi connectivity index (χ1v) is 11.5. The fourth-order valence-electron chi connectivity index (χ4n) is 2.98. The van der Waals surface area contributed by atoms with Gasteiger partial charge in [0.1, 0.15) is 23.4 Å². The second-order valence-electron chi connectivity index (χ2n) is 7.76. The van der Waals surface area contributed by atoms with E-state index in [1.165, 1.54) is 0 Å². The first kappa shape index (κ1) is 26.8. The van der Waals surface area contributed by atoms with Crippen LogP contribution in [0.25, 0.3) is 0 Å². The van der Waals surface area contributed by atoms with Crippen molar-refractivity contribution in [3.8, 4) is 6.07 Å². The molecule has 0 bridgehead atoms. The predicted molar refractivity (Wildman–Crippen MR) is 102 cm³/mol. The zero-order valence-corrected chi connectivity index (χ0v) is 17.7. The van der Waals surface area contributed by atoms with Gasteiger partial charge in [0.25, 0.3) is 0 Å². The van der Waals surface area contributed by atoms with Crippen LogP contribution in [0.1, 0.15) is 37.3 Å². The van der Waals surface area contributed by atoms with Crippen molar-refractivity contribution in [3.05, 3.63) is 35.6 Å². The van der Waals surface area contributed by atoms with Gasteiger partial charge in [0.2, 0.25) is 5.91 Å². The summed E-state index contributed by atoms with van der Waals surface area (Å²) in [7, 11) is -4.40. The van der Waals surface area contributed by atoms with Crippen molar-refractivity contribution >= 4 is 15.7 Å². The van der Waals surface area contributed by atoms with Crippen molar-refractivity contribution in [1.29, 1.82) is 5.26 Å². The van der Waals surface area contributed by atoms with E-state index >= 15 is 0 Å². The van der Waals surface area contributed by atoms with Gasteiger partial charge in [-0.15, -0.1) is 0 Å². The fraction of sp³-hybridized carbons (Fsp3) is 0.579. The molecule has 2 atom stereocenters. The Balaban J connectivity index is 2.27. The Kier molecular flexibility index (Phi) is 8.01. The molecule has 0 saturated heterocycles. The summed E-state index contributed by atoms with van der Waals surface area (Å²) in [5.41, 5.74) is -1.85. The number of carbonyl (C=O) groups excluding carboxylic acids is 1. The lowest BCUT2D eigenvalue weighted by molar-refractivity contribution is -0.160. The number of alkyl halides is 6. The molecule has 0 spiro atoms. The summed E-state index contributed by atoms with van der Waals surface area (Å²) in [5.74, 6) is -4.28. The lowest BCUT2D eigenvalue weighted by Crippen LogP contribution is -2.54. The maximum Gasteiger partial charge on any atom is 0.407 e. The van der Waals surface area contributed by atoms with Gasteiger partial charge in [0.05, 0.1) is 17.6 Å². The molecule has 6 nitrogen and oxygen atoms in total. The summed E-state index contributed by atoms with van der Waals surface area (Å²) in [6.45, 7) is 0. The summed E-state index contributed by atoms with van der Waals surface area (Å²) >= 11 is 0. The van der Waals surface area contributed by atoms with E-state index < -0.39 is 81.4 Å². The molecule has 0 unspecified atom stereocenters. The molecule has 1 aromatic rings. The van der Waals surface area contributed by atoms with Crippen LogP contribution in [0.4, 0.5) is 30.7 Å². The predicted octanol–water partition coefficient (Wildman–Crippen LogP) is 3.32. The number of nitrogens with zero attached hydrogens (tertiary/aromatic N) is 1. The van der Waals surface area contributed by atoms with Crippen LogP contribution in [0, 0.1) is 17.1 Å². The summed E-state index contributed by atoms with van der Waals surface area (Å²) < 4.78 is 116. The number of sulfone groups is 1. The average Bonchev–Trinajstić information content (AvgIpc) is 3.43. The molecule has 1 amide bonds. The van der Waals surface area contributed by atoms with E-state index in [0.29, 0.717) is 0 Å². The summed E-state index contributed by atoms with van der Waals surface area (Å²) in [6, 6.07) is 0.231. The SMILES string of the molecule is N#CC1(NC(=O)[C@H](CS(=O)(=O)CCCC(F)(F)F)N[C@@H](c2ccc(F)cc2)C(F)(F)F)CC1. The number of amides is 1. The summed E-state index contributed by atoms with van der Waals surface area (Å²) in [5, 5.41) is 13.2. The highest BCUT2D eigenvalue weighted by Gasteiger charge is 2.48. The molecule has 2 N–H and O–H groups in total. The average molecular weight is 503 g/mol. The molecule has 1 aliphatic carbocycles. The topological polar surface area (TPSA) is 99.1 Å². The van der Waals surface area contributed by atoms with Gasteiger partial charge in [0.15, 0.2) is 9.84 Å². The number of benzene rings is 1. The summed E-state index contributed by atoms with van der Waals surface area (Å²) in [6.07, 6.45) is -11.5.